The lowest BCUT2D eigenvalue weighted by atomic mass is 9.78. The molecule has 1 aliphatic carbocycles. The Morgan fingerprint density at radius 3 is 2.62 bits per heavy atom. The van der Waals surface area contributed by atoms with Gasteiger partial charge in [-0.2, -0.15) is 0 Å². The maximum absolute atomic E-state index is 12.7. The second-order valence-electron chi connectivity index (χ2n) is 7.11. The van der Waals surface area contributed by atoms with Crippen LogP contribution in [0.3, 0.4) is 0 Å². The lowest BCUT2D eigenvalue weighted by molar-refractivity contribution is -0.143. The number of carbonyl (C=O) groups is 2. The van der Waals surface area contributed by atoms with E-state index in [2.05, 4.69) is 0 Å². The van der Waals surface area contributed by atoms with Gasteiger partial charge in [-0.3, -0.25) is 9.59 Å². The quantitative estimate of drug-likeness (QED) is 0.801. The van der Waals surface area contributed by atoms with Crippen LogP contribution in [0.15, 0.2) is 0 Å². The summed E-state index contributed by atoms with van der Waals surface area (Å²) in [6, 6.07) is 0.131. The third kappa shape index (κ3) is 4.06. The fraction of sp³-hybridized carbons (Fsp3) is 0.882. The molecule has 21 heavy (non-hydrogen) atoms. The molecule has 0 N–H and O–H groups in total. The summed E-state index contributed by atoms with van der Waals surface area (Å²) in [5.41, 5.74) is -0.435. The van der Waals surface area contributed by atoms with E-state index >= 15 is 0 Å². The molecule has 2 atom stereocenters. The first kappa shape index (κ1) is 16.5. The van der Waals surface area contributed by atoms with Crippen LogP contribution in [0.1, 0.15) is 65.2 Å². The second-order valence-corrected chi connectivity index (χ2v) is 7.11. The lowest BCUT2D eigenvalue weighted by Crippen LogP contribution is -2.51. The van der Waals surface area contributed by atoms with Crippen molar-refractivity contribution in [1.29, 1.82) is 0 Å². The van der Waals surface area contributed by atoms with Crippen LogP contribution in [0.5, 0.6) is 0 Å². The average molecular weight is 295 g/mol. The van der Waals surface area contributed by atoms with Gasteiger partial charge >= 0.3 is 0 Å². The molecule has 120 valence electrons. The van der Waals surface area contributed by atoms with Crippen molar-refractivity contribution >= 4 is 11.7 Å². The van der Waals surface area contributed by atoms with E-state index in [-0.39, 0.29) is 17.9 Å². The minimum absolute atomic E-state index is 0.0775. The van der Waals surface area contributed by atoms with Crippen molar-refractivity contribution < 1.29 is 14.3 Å². The number of rotatable bonds is 4. The molecule has 2 fully saturated rings. The summed E-state index contributed by atoms with van der Waals surface area (Å²) in [4.78, 5) is 26.9. The van der Waals surface area contributed by atoms with Gasteiger partial charge in [0, 0.05) is 32.0 Å². The van der Waals surface area contributed by atoms with Gasteiger partial charge in [0.15, 0.2) is 0 Å². The maximum atomic E-state index is 12.7. The van der Waals surface area contributed by atoms with Crippen LogP contribution in [-0.4, -0.2) is 41.9 Å². The normalized spacial score (nSPS) is 27.8. The van der Waals surface area contributed by atoms with Crippen molar-refractivity contribution in [2.24, 2.45) is 5.92 Å². The molecule has 0 spiro atoms. The van der Waals surface area contributed by atoms with E-state index in [1.807, 2.05) is 18.7 Å². The molecule has 1 saturated carbocycles. The molecule has 1 aliphatic heterocycles. The van der Waals surface area contributed by atoms with Crippen LogP contribution in [0, 0.1) is 5.92 Å². The third-order valence-electron chi connectivity index (χ3n) is 5.07. The van der Waals surface area contributed by atoms with Crippen LogP contribution in [0.4, 0.5) is 0 Å². The molecule has 0 bridgehead atoms. The van der Waals surface area contributed by atoms with E-state index in [1.165, 1.54) is 0 Å². The summed E-state index contributed by atoms with van der Waals surface area (Å²) in [7, 11) is 1.64. The van der Waals surface area contributed by atoms with Gasteiger partial charge in [-0.25, -0.2) is 0 Å². The number of hydrogen-bond acceptors (Lipinski definition) is 3. The molecule has 2 unspecified atom stereocenters. The maximum Gasteiger partial charge on any atom is 0.225 e. The monoisotopic (exact) mass is 295 g/mol. The van der Waals surface area contributed by atoms with Gasteiger partial charge in [0.25, 0.3) is 0 Å². The highest BCUT2D eigenvalue weighted by molar-refractivity contribution is 5.84. The number of likely N-dealkylation sites (tertiary alicyclic amines) is 1. The van der Waals surface area contributed by atoms with Gasteiger partial charge in [0.05, 0.1) is 12.0 Å². The molecule has 2 aliphatic rings. The first-order chi connectivity index (χ1) is 9.94. The zero-order chi connectivity index (χ0) is 15.5. The predicted molar refractivity (Wildman–Crippen MR) is 82.0 cm³/mol. The predicted octanol–water partition coefficient (Wildman–Crippen LogP) is 2.94. The Labute approximate surface area is 128 Å². The van der Waals surface area contributed by atoms with Gasteiger partial charge in [-0.15, -0.1) is 0 Å². The smallest absolute Gasteiger partial charge is 0.225 e. The minimum atomic E-state index is -0.435. The number of carbonyl (C=O) groups excluding carboxylic acids is 2. The van der Waals surface area contributed by atoms with Crippen molar-refractivity contribution in [3.8, 4) is 0 Å². The number of amides is 1. The van der Waals surface area contributed by atoms with E-state index in [1.54, 1.807) is 7.11 Å². The number of hydrogen-bond donors (Lipinski definition) is 0. The van der Waals surface area contributed by atoms with Gasteiger partial charge in [-0.1, -0.05) is 6.42 Å². The summed E-state index contributed by atoms with van der Waals surface area (Å²) in [5.74, 6) is 0.593. The molecule has 4 heteroatoms. The van der Waals surface area contributed by atoms with E-state index in [0.717, 1.165) is 45.1 Å². The lowest BCUT2D eigenvalue weighted by Gasteiger charge is -2.42. The number of nitrogens with zero attached hydrogens (tertiary/aromatic N) is 1. The van der Waals surface area contributed by atoms with E-state index < -0.39 is 5.60 Å². The molecule has 0 radical (unpaired) electrons. The second kappa shape index (κ2) is 6.91. The molecule has 0 aromatic carbocycles. The zero-order valence-electron chi connectivity index (χ0n) is 13.7. The van der Waals surface area contributed by atoms with E-state index in [9.17, 15) is 9.59 Å². The van der Waals surface area contributed by atoms with Gasteiger partial charge in [0.2, 0.25) is 5.91 Å². The van der Waals surface area contributed by atoms with Crippen molar-refractivity contribution in [3.05, 3.63) is 0 Å². The Hall–Kier alpha value is -0.900. The fourth-order valence-corrected chi connectivity index (χ4v) is 3.64. The first-order valence-corrected chi connectivity index (χ1v) is 8.32. The number of ether oxygens (including phenoxy) is 1. The van der Waals surface area contributed by atoms with Crippen molar-refractivity contribution in [1.82, 2.24) is 4.90 Å². The summed E-state index contributed by atoms with van der Waals surface area (Å²) < 4.78 is 5.39. The molecule has 4 nitrogen and oxygen atoms in total. The van der Waals surface area contributed by atoms with Crippen LogP contribution < -0.4 is 0 Å². The Morgan fingerprint density at radius 1 is 1.24 bits per heavy atom. The van der Waals surface area contributed by atoms with Crippen molar-refractivity contribution in [3.63, 3.8) is 0 Å². The van der Waals surface area contributed by atoms with E-state index in [0.29, 0.717) is 18.6 Å². The number of methoxy groups -OCH3 is 1. The van der Waals surface area contributed by atoms with Crippen LogP contribution >= 0.6 is 0 Å². The van der Waals surface area contributed by atoms with Crippen LogP contribution in [-0.2, 0) is 14.3 Å². The van der Waals surface area contributed by atoms with Crippen LogP contribution in [0.2, 0.25) is 0 Å². The highest BCUT2D eigenvalue weighted by atomic mass is 16.5. The topological polar surface area (TPSA) is 46.6 Å². The third-order valence-corrected chi connectivity index (χ3v) is 5.07. The molecule has 0 aromatic rings. The minimum Gasteiger partial charge on any atom is -0.378 e. The molecular weight excluding hydrogens is 266 g/mol. The van der Waals surface area contributed by atoms with Gasteiger partial charge in [0.1, 0.15) is 5.78 Å². The number of ketones is 1. The Morgan fingerprint density at radius 2 is 1.95 bits per heavy atom. The Kier molecular flexibility index (Phi) is 5.42. The Bertz CT molecular complexity index is 391. The summed E-state index contributed by atoms with van der Waals surface area (Å²) >= 11 is 0. The fourth-order valence-electron chi connectivity index (χ4n) is 3.64. The van der Waals surface area contributed by atoms with Crippen LogP contribution in [0.25, 0.3) is 0 Å². The standard InChI is InChI=1S/C17H29NO3/c1-17(2,21-3)12-16(20)18-11-7-6-9-14(18)13-8-4-5-10-15(13)19/h13-14H,4-12H2,1-3H3. The van der Waals surface area contributed by atoms with Gasteiger partial charge in [-0.05, 0) is 46.0 Å². The largest absolute Gasteiger partial charge is 0.378 e. The average Bonchev–Trinajstić information content (AvgIpc) is 2.47. The van der Waals surface area contributed by atoms with E-state index in [4.69, 9.17) is 4.74 Å². The summed E-state index contributed by atoms with van der Waals surface area (Å²) in [5, 5.41) is 0. The van der Waals surface area contributed by atoms with Crippen molar-refractivity contribution in [2.45, 2.75) is 76.9 Å². The van der Waals surface area contributed by atoms with Gasteiger partial charge < -0.3 is 9.64 Å². The molecule has 1 saturated heterocycles. The molecule has 0 aromatic heterocycles. The molecule has 1 amide bonds. The first-order valence-electron chi connectivity index (χ1n) is 8.32. The van der Waals surface area contributed by atoms with Crippen molar-refractivity contribution in [2.75, 3.05) is 13.7 Å². The Balaban J connectivity index is 2.07. The zero-order valence-corrected chi connectivity index (χ0v) is 13.7. The highest BCUT2D eigenvalue weighted by Gasteiger charge is 2.38. The SMILES string of the molecule is COC(C)(C)CC(=O)N1CCCCC1C1CCCCC1=O. The number of Topliss-reactive ketones (excluding diaryl/α,β-unsaturated/α-hetero) is 1. The summed E-state index contributed by atoms with van der Waals surface area (Å²) in [6.07, 6.45) is 7.36. The molecular formula is C17H29NO3. The highest BCUT2D eigenvalue weighted by Crippen LogP contribution is 2.32. The number of piperidine rings is 1. The molecule has 2 rings (SSSR count). The molecule has 1 heterocycles. The summed E-state index contributed by atoms with van der Waals surface area (Å²) in [6.45, 7) is 4.68.